The topological polar surface area (TPSA) is 41.6 Å². The van der Waals surface area contributed by atoms with Crippen LogP contribution in [0.15, 0.2) is 22.1 Å². The molecular formula is C9H14Br2N2O2. The summed E-state index contributed by atoms with van der Waals surface area (Å²) in [7, 11) is 0. The number of rotatable bonds is 6. The van der Waals surface area contributed by atoms with Gasteiger partial charge in [0.05, 0.1) is 6.61 Å². The second kappa shape index (κ2) is 7.90. The smallest absolute Gasteiger partial charge is 0.421 e. The van der Waals surface area contributed by atoms with E-state index in [-0.39, 0.29) is 0 Å². The SMILES string of the molecule is C=C(Br)CN(CC(=C)Br)NC(=O)OCC. The molecule has 0 atom stereocenters. The number of hydrogen-bond donors (Lipinski definition) is 1. The van der Waals surface area contributed by atoms with Gasteiger partial charge in [-0.3, -0.25) is 5.43 Å². The van der Waals surface area contributed by atoms with Gasteiger partial charge < -0.3 is 4.74 Å². The predicted molar refractivity (Wildman–Crippen MR) is 67.9 cm³/mol. The zero-order chi connectivity index (χ0) is 11.8. The molecule has 0 fully saturated rings. The third-order valence-corrected chi connectivity index (χ3v) is 1.75. The number of nitrogens with zero attached hydrogens (tertiary/aromatic N) is 1. The summed E-state index contributed by atoms with van der Waals surface area (Å²) >= 11 is 6.44. The summed E-state index contributed by atoms with van der Waals surface area (Å²) in [4.78, 5) is 11.2. The van der Waals surface area contributed by atoms with Crippen LogP contribution in [0, 0.1) is 0 Å². The molecule has 0 unspecified atom stereocenters. The van der Waals surface area contributed by atoms with E-state index in [1.54, 1.807) is 11.9 Å². The van der Waals surface area contributed by atoms with Crippen LogP contribution in [0.1, 0.15) is 6.92 Å². The molecule has 0 aliphatic carbocycles. The molecule has 1 amide bonds. The summed E-state index contributed by atoms with van der Waals surface area (Å²) in [5.74, 6) is 0. The van der Waals surface area contributed by atoms with E-state index in [1.807, 2.05) is 0 Å². The van der Waals surface area contributed by atoms with Crippen LogP contribution in [0.25, 0.3) is 0 Å². The van der Waals surface area contributed by atoms with E-state index in [0.717, 1.165) is 8.96 Å². The lowest BCUT2D eigenvalue weighted by Crippen LogP contribution is -2.43. The van der Waals surface area contributed by atoms with Crippen molar-refractivity contribution in [2.75, 3.05) is 19.7 Å². The second-order valence-corrected chi connectivity index (χ2v) is 4.97. The zero-order valence-corrected chi connectivity index (χ0v) is 11.7. The van der Waals surface area contributed by atoms with Crippen molar-refractivity contribution in [2.24, 2.45) is 0 Å². The number of carbonyl (C=O) groups is 1. The monoisotopic (exact) mass is 340 g/mol. The van der Waals surface area contributed by atoms with E-state index in [4.69, 9.17) is 4.74 Å². The van der Waals surface area contributed by atoms with Crippen molar-refractivity contribution in [3.8, 4) is 0 Å². The highest BCUT2D eigenvalue weighted by Gasteiger charge is 2.10. The molecule has 0 aromatic heterocycles. The van der Waals surface area contributed by atoms with Crippen molar-refractivity contribution >= 4 is 38.0 Å². The fourth-order valence-corrected chi connectivity index (χ4v) is 1.45. The van der Waals surface area contributed by atoms with Crippen LogP contribution in [0.2, 0.25) is 0 Å². The molecule has 6 heteroatoms. The third kappa shape index (κ3) is 8.65. The standard InChI is InChI=1S/C9H14Br2N2O2/c1-4-15-9(14)12-13(5-7(2)10)6-8(3)11/h2-6H2,1H3,(H,12,14). The van der Waals surface area contributed by atoms with Crippen molar-refractivity contribution in [1.82, 2.24) is 10.4 Å². The number of ether oxygens (including phenoxy) is 1. The van der Waals surface area contributed by atoms with Gasteiger partial charge in [-0.15, -0.1) is 0 Å². The summed E-state index contributed by atoms with van der Waals surface area (Å²) in [5.41, 5.74) is 2.57. The molecule has 0 saturated carbocycles. The van der Waals surface area contributed by atoms with Crippen molar-refractivity contribution in [2.45, 2.75) is 6.92 Å². The molecule has 15 heavy (non-hydrogen) atoms. The van der Waals surface area contributed by atoms with E-state index in [2.05, 4.69) is 50.4 Å². The number of nitrogens with one attached hydrogen (secondary N) is 1. The lowest BCUT2D eigenvalue weighted by molar-refractivity contribution is 0.118. The van der Waals surface area contributed by atoms with E-state index in [9.17, 15) is 4.79 Å². The summed E-state index contributed by atoms with van der Waals surface area (Å²) in [6.07, 6.45) is -0.486. The zero-order valence-electron chi connectivity index (χ0n) is 8.56. The molecule has 0 radical (unpaired) electrons. The molecule has 0 heterocycles. The van der Waals surface area contributed by atoms with Gasteiger partial charge in [0.2, 0.25) is 0 Å². The first-order chi connectivity index (χ1) is 6.95. The molecule has 0 aromatic carbocycles. The summed E-state index contributed by atoms with van der Waals surface area (Å²) in [5, 5.41) is 1.63. The lowest BCUT2D eigenvalue weighted by Gasteiger charge is -2.21. The minimum Gasteiger partial charge on any atom is -0.449 e. The van der Waals surface area contributed by atoms with Gasteiger partial charge in [-0.05, 0) is 6.92 Å². The quantitative estimate of drug-likeness (QED) is 0.755. The molecule has 0 aliphatic heterocycles. The van der Waals surface area contributed by atoms with Crippen LogP contribution in [0.3, 0.4) is 0 Å². The fraction of sp³-hybridized carbons (Fsp3) is 0.444. The summed E-state index contributed by atoms with van der Waals surface area (Å²) < 4.78 is 6.27. The second-order valence-electron chi connectivity index (χ2n) is 2.72. The average Bonchev–Trinajstić information content (AvgIpc) is 2.00. The van der Waals surface area contributed by atoms with Gasteiger partial charge >= 0.3 is 6.09 Å². The Hall–Kier alpha value is -0.330. The highest BCUT2D eigenvalue weighted by atomic mass is 79.9. The minimum absolute atomic E-state index is 0.337. The first kappa shape index (κ1) is 14.7. The molecule has 0 rings (SSSR count). The Morgan fingerprint density at radius 3 is 2.13 bits per heavy atom. The maximum Gasteiger partial charge on any atom is 0.421 e. The van der Waals surface area contributed by atoms with E-state index in [0.29, 0.717) is 19.7 Å². The van der Waals surface area contributed by atoms with Gasteiger partial charge in [0, 0.05) is 22.1 Å². The fourth-order valence-electron chi connectivity index (χ4n) is 0.842. The van der Waals surface area contributed by atoms with Gasteiger partial charge in [-0.1, -0.05) is 45.0 Å². The van der Waals surface area contributed by atoms with Crippen LogP contribution in [0.4, 0.5) is 4.79 Å². The van der Waals surface area contributed by atoms with Crippen molar-refractivity contribution in [1.29, 1.82) is 0 Å². The first-order valence-corrected chi connectivity index (χ1v) is 5.89. The number of carbonyl (C=O) groups excluding carboxylic acids is 1. The molecule has 0 bridgehead atoms. The Bertz CT molecular complexity index is 240. The van der Waals surface area contributed by atoms with Gasteiger partial charge in [0.25, 0.3) is 0 Å². The molecule has 0 aromatic rings. The Kier molecular flexibility index (Phi) is 7.72. The van der Waals surface area contributed by atoms with Gasteiger partial charge in [-0.25, -0.2) is 9.80 Å². The van der Waals surface area contributed by atoms with E-state index in [1.165, 1.54) is 0 Å². The Balaban J connectivity index is 4.16. The summed E-state index contributed by atoms with van der Waals surface area (Å²) in [6, 6.07) is 0. The average molecular weight is 342 g/mol. The highest BCUT2D eigenvalue weighted by Crippen LogP contribution is 2.07. The molecule has 0 aliphatic rings. The highest BCUT2D eigenvalue weighted by molar-refractivity contribution is 9.12. The van der Waals surface area contributed by atoms with Crippen LogP contribution >= 0.6 is 31.9 Å². The maximum absolute atomic E-state index is 11.2. The third-order valence-electron chi connectivity index (χ3n) is 1.25. The van der Waals surface area contributed by atoms with E-state index < -0.39 is 6.09 Å². The van der Waals surface area contributed by atoms with Crippen LogP contribution in [-0.4, -0.2) is 30.8 Å². The molecule has 1 N–H and O–H groups in total. The molecule has 0 spiro atoms. The van der Waals surface area contributed by atoms with Crippen molar-refractivity contribution in [3.05, 3.63) is 22.1 Å². The maximum atomic E-state index is 11.2. The van der Waals surface area contributed by atoms with Gasteiger partial charge in [-0.2, -0.15) is 0 Å². The minimum atomic E-state index is -0.486. The summed E-state index contributed by atoms with van der Waals surface area (Å²) in [6.45, 7) is 10.4. The molecule has 86 valence electrons. The molecular weight excluding hydrogens is 328 g/mol. The van der Waals surface area contributed by atoms with Crippen LogP contribution in [0.5, 0.6) is 0 Å². The van der Waals surface area contributed by atoms with Crippen molar-refractivity contribution < 1.29 is 9.53 Å². The first-order valence-electron chi connectivity index (χ1n) is 4.30. The normalized spacial score (nSPS) is 9.87. The number of hydrazine groups is 1. The van der Waals surface area contributed by atoms with Crippen molar-refractivity contribution in [3.63, 3.8) is 0 Å². The van der Waals surface area contributed by atoms with E-state index >= 15 is 0 Å². The number of amides is 1. The molecule has 4 nitrogen and oxygen atoms in total. The van der Waals surface area contributed by atoms with Crippen LogP contribution in [-0.2, 0) is 4.74 Å². The Labute approximate surface area is 107 Å². The number of hydrogen-bond acceptors (Lipinski definition) is 3. The van der Waals surface area contributed by atoms with Gasteiger partial charge in [0.1, 0.15) is 0 Å². The largest absolute Gasteiger partial charge is 0.449 e. The predicted octanol–water partition coefficient (Wildman–Crippen LogP) is 2.77. The van der Waals surface area contributed by atoms with Gasteiger partial charge in [0.15, 0.2) is 0 Å². The molecule has 0 saturated heterocycles. The lowest BCUT2D eigenvalue weighted by atomic mass is 10.5. The van der Waals surface area contributed by atoms with Crippen LogP contribution < -0.4 is 5.43 Å². The Morgan fingerprint density at radius 1 is 1.33 bits per heavy atom. The number of halogens is 2. The Morgan fingerprint density at radius 2 is 1.80 bits per heavy atom.